The summed E-state index contributed by atoms with van der Waals surface area (Å²) >= 11 is 0. The molecule has 1 amide bonds. The Labute approximate surface area is 120 Å². The molecule has 1 fully saturated rings. The van der Waals surface area contributed by atoms with Gasteiger partial charge < -0.3 is 15.4 Å². The van der Waals surface area contributed by atoms with Crippen LogP contribution in [0.25, 0.3) is 0 Å². The van der Waals surface area contributed by atoms with Crippen LogP contribution >= 0.6 is 0 Å². The highest BCUT2D eigenvalue weighted by molar-refractivity contribution is 5.90. The fraction of sp³-hybridized carbons (Fsp3) is 0.562. The minimum atomic E-state index is 0.0897. The van der Waals surface area contributed by atoms with Gasteiger partial charge in [-0.1, -0.05) is 13.3 Å². The summed E-state index contributed by atoms with van der Waals surface area (Å²) in [5, 5.41) is 6.27. The fourth-order valence-electron chi connectivity index (χ4n) is 2.27. The van der Waals surface area contributed by atoms with Crippen LogP contribution in [-0.4, -0.2) is 25.2 Å². The van der Waals surface area contributed by atoms with Gasteiger partial charge >= 0.3 is 0 Å². The van der Waals surface area contributed by atoms with E-state index in [2.05, 4.69) is 17.6 Å². The lowest BCUT2D eigenvalue weighted by Gasteiger charge is -2.12. The third-order valence-electron chi connectivity index (χ3n) is 3.48. The van der Waals surface area contributed by atoms with E-state index in [-0.39, 0.29) is 5.91 Å². The second-order valence-corrected chi connectivity index (χ2v) is 5.25. The van der Waals surface area contributed by atoms with E-state index in [9.17, 15) is 4.79 Å². The van der Waals surface area contributed by atoms with Crippen LogP contribution in [0.1, 0.15) is 39.0 Å². The van der Waals surface area contributed by atoms with E-state index in [0.29, 0.717) is 12.5 Å². The predicted octanol–water partition coefficient (Wildman–Crippen LogP) is 3.41. The first-order valence-electron chi connectivity index (χ1n) is 7.53. The second kappa shape index (κ2) is 7.90. The molecule has 1 aliphatic rings. The molecule has 1 heterocycles. The Bertz CT molecular complexity index is 411. The maximum atomic E-state index is 11.6. The van der Waals surface area contributed by atoms with Gasteiger partial charge in [0.15, 0.2) is 0 Å². The number of amides is 1. The number of hydrogen-bond donors (Lipinski definition) is 2. The van der Waals surface area contributed by atoms with Crippen LogP contribution in [0, 0.1) is 0 Å². The van der Waals surface area contributed by atoms with Crippen LogP contribution in [0.5, 0.6) is 0 Å². The molecule has 0 radical (unpaired) electrons. The standard InChI is InChI=1S/C16H24N2O2/c1-2-3-6-16(19)18-14-9-7-13(8-10-14)17-12-15-5-4-11-20-15/h7-10,15,17H,2-6,11-12H2,1H3,(H,18,19). The largest absolute Gasteiger partial charge is 0.382 e. The number of ether oxygens (including phenoxy) is 1. The Hall–Kier alpha value is -1.55. The SMILES string of the molecule is CCCCC(=O)Nc1ccc(NCC2CCCO2)cc1. The van der Waals surface area contributed by atoms with E-state index in [4.69, 9.17) is 4.74 Å². The van der Waals surface area contributed by atoms with Gasteiger partial charge in [-0.3, -0.25) is 4.79 Å². The molecule has 20 heavy (non-hydrogen) atoms. The van der Waals surface area contributed by atoms with Crippen molar-refractivity contribution < 1.29 is 9.53 Å². The fourth-order valence-corrected chi connectivity index (χ4v) is 2.27. The third-order valence-corrected chi connectivity index (χ3v) is 3.48. The van der Waals surface area contributed by atoms with Crippen molar-refractivity contribution in [2.24, 2.45) is 0 Å². The third kappa shape index (κ3) is 4.85. The van der Waals surface area contributed by atoms with Crippen molar-refractivity contribution in [3.05, 3.63) is 24.3 Å². The summed E-state index contributed by atoms with van der Waals surface area (Å²) in [6.07, 6.45) is 5.21. The van der Waals surface area contributed by atoms with E-state index < -0.39 is 0 Å². The highest BCUT2D eigenvalue weighted by Crippen LogP contribution is 2.16. The zero-order valence-electron chi connectivity index (χ0n) is 12.2. The van der Waals surface area contributed by atoms with Crippen molar-refractivity contribution in [2.45, 2.75) is 45.1 Å². The number of nitrogens with one attached hydrogen (secondary N) is 2. The molecule has 0 aliphatic carbocycles. The number of carbonyl (C=O) groups excluding carboxylic acids is 1. The molecule has 0 saturated carbocycles. The summed E-state index contributed by atoms with van der Waals surface area (Å²) in [4.78, 5) is 11.6. The highest BCUT2D eigenvalue weighted by Gasteiger charge is 2.14. The van der Waals surface area contributed by atoms with Gasteiger partial charge in [0.05, 0.1) is 6.10 Å². The quantitative estimate of drug-likeness (QED) is 0.802. The van der Waals surface area contributed by atoms with Gasteiger partial charge in [0.2, 0.25) is 5.91 Å². The topological polar surface area (TPSA) is 50.4 Å². The molecule has 0 bridgehead atoms. The Kier molecular flexibility index (Phi) is 5.87. The molecule has 0 aromatic heterocycles. The number of anilines is 2. The lowest BCUT2D eigenvalue weighted by atomic mass is 10.2. The van der Waals surface area contributed by atoms with Gasteiger partial charge in [-0.15, -0.1) is 0 Å². The molecule has 1 aliphatic heterocycles. The maximum Gasteiger partial charge on any atom is 0.224 e. The summed E-state index contributed by atoms with van der Waals surface area (Å²) in [7, 11) is 0. The van der Waals surface area contributed by atoms with Gasteiger partial charge in [-0.2, -0.15) is 0 Å². The first-order chi connectivity index (χ1) is 9.78. The number of unbranched alkanes of at least 4 members (excludes halogenated alkanes) is 1. The Morgan fingerprint density at radius 3 is 2.70 bits per heavy atom. The molecular formula is C16H24N2O2. The second-order valence-electron chi connectivity index (χ2n) is 5.25. The molecule has 0 spiro atoms. The van der Waals surface area contributed by atoms with Crippen LogP contribution in [-0.2, 0) is 9.53 Å². The Morgan fingerprint density at radius 1 is 1.30 bits per heavy atom. The monoisotopic (exact) mass is 276 g/mol. The molecule has 1 aromatic rings. The summed E-state index contributed by atoms with van der Waals surface area (Å²) in [6, 6.07) is 7.85. The summed E-state index contributed by atoms with van der Waals surface area (Å²) in [5.74, 6) is 0.0897. The van der Waals surface area contributed by atoms with E-state index in [1.807, 2.05) is 24.3 Å². The first-order valence-corrected chi connectivity index (χ1v) is 7.53. The molecule has 2 rings (SSSR count). The molecule has 1 aromatic carbocycles. The van der Waals surface area contributed by atoms with Crippen LogP contribution in [0.15, 0.2) is 24.3 Å². The average molecular weight is 276 g/mol. The first kappa shape index (κ1) is 14.9. The summed E-state index contributed by atoms with van der Waals surface area (Å²) in [5.41, 5.74) is 1.92. The number of rotatable bonds is 7. The molecule has 110 valence electrons. The van der Waals surface area contributed by atoms with Crippen molar-refractivity contribution in [3.8, 4) is 0 Å². The van der Waals surface area contributed by atoms with Gasteiger partial charge in [0.25, 0.3) is 0 Å². The lowest BCUT2D eigenvalue weighted by molar-refractivity contribution is -0.116. The van der Waals surface area contributed by atoms with Crippen LogP contribution < -0.4 is 10.6 Å². The summed E-state index contributed by atoms with van der Waals surface area (Å²) in [6.45, 7) is 3.82. The van der Waals surface area contributed by atoms with Crippen molar-refractivity contribution in [1.82, 2.24) is 0 Å². The minimum absolute atomic E-state index is 0.0897. The normalized spacial score (nSPS) is 17.9. The lowest BCUT2D eigenvalue weighted by Crippen LogP contribution is -2.18. The van der Waals surface area contributed by atoms with E-state index in [1.165, 1.54) is 0 Å². The number of carbonyl (C=O) groups is 1. The molecule has 1 atom stereocenters. The molecular weight excluding hydrogens is 252 g/mol. The molecule has 4 nitrogen and oxygen atoms in total. The molecule has 1 unspecified atom stereocenters. The van der Waals surface area contributed by atoms with Crippen LogP contribution in [0.2, 0.25) is 0 Å². The molecule has 2 N–H and O–H groups in total. The van der Waals surface area contributed by atoms with Crippen molar-refractivity contribution in [2.75, 3.05) is 23.8 Å². The minimum Gasteiger partial charge on any atom is -0.382 e. The molecule has 1 saturated heterocycles. The van der Waals surface area contributed by atoms with Gasteiger partial charge in [0.1, 0.15) is 0 Å². The van der Waals surface area contributed by atoms with Crippen molar-refractivity contribution >= 4 is 17.3 Å². The zero-order chi connectivity index (χ0) is 14.2. The van der Waals surface area contributed by atoms with Gasteiger partial charge in [-0.25, -0.2) is 0 Å². The van der Waals surface area contributed by atoms with Gasteiger partial charge in [-0.05, 0) is 43.5 Å². The van der Waals surface area contributed by atoms with E-state index in [1.54, 1.807) is 0 Å². The number of hydrogen-bond acceptors (Lipinski definition) is 3. The predicted molar refractivity (Wildman–Crippen MR) is 82.1 cm³/mol. The zero-order valence-corrected chi connectivity index (χ0v) is 12.2. The van der Waals surface area contributed by atoms with Crippen molar-refractivity contribution in [1.29, 1.82) is 0 Å². The highest BCUT2D eigenvalue weighted by atomic mass is 16.5. The van der Waals surface area contributed by atoms with Crippen LogP contribution in [0.4, 0.5) is 11.4 Å². The maximum absolute atomic E-state index is 11.6. The van der Waals surface area contributed by atoms with Crippen molar-refractivity contribution in [3.63, 3.8) is 0 Å². The number of benzene rings is 1. The smallest absolute Gasteiger partial charge is 0.224 e. The summed E-state index contributed by atoms with van der Waals surface area (Å²) < 4.78 is 5.57. The average Bonchev–Trinajstić information content (AvgIpc) is 2.98. The molecule has 4 heteroatoms. The van der Waals surface area contributed by atoms with E-state index >= 15 is 0 Å². The Morgan fingerprint density at radius 2 is 2.05 bits per heavy atom. The Balaban J connectivity index is 1.75. The van der Waals surface area contributed by atoms with E-state index in [0.717, 1.165) is 50.2 Å². The van der Waals surface area contributed by atoms with Gasteiger partial charge in [0, 0.05) is 30.9 Å². The van der Waals surface area contributed by atoms with Crippen LogP contribution in [0.3, 0.4) is 0 Å².